The van der Waals surface area contributed by atoms with E-state index in [4.69, 9.17) is 10.7 Å². The van der Waals surface area contributed by atoms with E-state index in [0.29, 0.717) is 6.54 Å². The number of aromatic nitrogens is 2. The molecule has 96 valence electrons. The summed E-state index contributed by atoms with van der Waals surface area (Å²) >= 11 is 0. The number of likely N-dealkylation sites (N-methyl/N-ethyl adjacent to an activating group) is 1. The maximum atomic E-state index is 11.4. The van der Waals surface area contributed by atoms with Gasteiger partial charge >= 0.3 is 5.69 Å². The highest BCUT2D eigenvalue weighted by Crippen LogP contribution is 2.07. The van der Waals surface area contributed by atoms with Crippen LogP contribution < -0.4 is 11.2 Å². The predicted octanol–water partition coefficient (Wildman–Crippen LogP) is -0.974. The van der Waals surface area contributed by atoms with Gasteiger partial charge in [-0.15, -0.1) is 0 Å². The zero-order valence-corrected chi connectivity index (χ0v) is 10.9. The van der Waals surface area contributed by atoms with Crippen LogP contribution in [0, 0.1) is 0 Å². The number of H-pyrrole nitrogens is 1. The first kappa shape index (κ1) is 13.9. The second kappa shape index (κ2) is 5.03. The third-order valence-corrected chi connectivity index (χ3v) is 3.34. The van der Waals surface area contributed by atoms with Gasteiger partial charge in [-0.1, -0.05) is 0 Å². The van der Waals surface area contributed by atoms with Gasteiger partial charge in [0.1, 0.15) is 0 Å². The average Bonchev–Trinajstić information content (AvgIpc) is 2.13. The van der Waals surface area contributed by atoms with Gasteiger partial charge in [-0.25, -0.2) is 13.2 Å². The van der Waals surface area contributed by atoms with Crippen molar-refractivity contribution in [1.82, 2.24) is 14.5 Å². The summed E-state index contributed by atoms with van der Waals surface area (Å²) in [6.45, 7) is 0.774. The van der Waals surface area contributed by atoms with E-state index in [-0.39, 0.29) is 6.54 Å². The van der Waals surface area contributed by atoms with Gasteiger partial charge < -0.3 is 4.90 Å². The van der Waals surface area contributed by atoms with Crippen LogP contribution in [0.15, 0.2) is 20.7 Å². The van der Waals surface area contributed by atoms with Crippen molar-refractivity contribution in [2.24, 2.45) is 0 Å². The van der Waals surface area contributed by atoms with E-state index in [0.717, 1.165) is 10.8 Å². The van der Waals surface area contributed by atoms with Crippen LogP contribution in [0.25, 0.3) is 0 Å². The Morgan fingerprint density at radius 2 is 2.00 bits per heavy atom. The lowest BCUT2D eigenvalue weighted by Gasteiger charge is -2.11. The molecule has 1 aromatic heterocycles. The molecule has 0 saturated heterocycles. The van der Waals surface area contributed by atoms with Crippen molar-refractivity contribution < 1.29 is 8.42 Å². The fourth-order valence-electron chi connectivity index (χ4n) is 1.14. The van der Waals surface area contributed by atoms with E-state index in [2.05, 4.69) is 0 Å². The lowest BCUT2D eigenvalue weighted by Crippen LogP contribution is -2.34. The molecule has 17 heavy (non-hydrogen) atoms. The summed E-state index contributed by atoms with van der Waals surface area (Å²) < 4.78 is 23.2. The Kier molecular flexibility index (Phi) is 4.12. The van der Waals surface area contributed by atoms with E-state index >= 15 is 0 Å². The number of halogens is 1. The highest BCUT2D eigenvalue weighted by Gasteiger charge is 2.17. The fourth-order valence-corrected chi connectivity index (χ4v) is 1.99. The Morgan fingerprint density at radius 1 is 1.41 bits per heavy atom. The molecule has 7 nitrogen and oxygen atoms in total. The molecule has 0 aromatic carbocycles. The monoisotopic (exact) mass is 281 g/mol. The maximum Gasteiger partial charge on any atom is 0.328 e. The molecule has 0 radical (unpaired) electrons. The molecule has 0 bridgehead atoms. The molecule has 1 aromatic rings. The van der Waals surface area contributed by atoms with Crippen LogP contribution in [0.5, 0.6) is 0 Å². The normalized spacial score (nSPS) is 12.0. The Hall–Kier alpha value is -1.12. The summed E-state index contributed by atoms with van der Waals surface area (Å²) in [5.41, 5.74) is -1.67. The maximum absolute atomic E-state index is 11.4. The fraction of sp³-hybridized carbons (Fsp3) is 0.500. The van der Waals surface area contributed by atoms with E-state index < -0.39 is 25.2 Å². The molecule has 0 atom stereocenters. The number of aromatic amines is 1. The van der Waals surface area contributed by atoms with Crippen molar-refractivity contribution in [2.75, 3.05) is 20.6 Å². The molecule has 0 spiro atoms. The highest BCUT2D eigenvalue weighted by atomic mass is 35.7. The number of hydrogen-bond acceptors (Lipinski definition) is 5. The van der Waals surface area contributed by atoms with Gasteiger partial charge in [-0.3, -0.25) is 14.3 Å². The average molecular weight is 282 g/mol. The van der Waals surface area contributed by atoms with E-state index in [9.17, 15) is 18.0 Å². The number of nitrogens with one attached hydrogen (secondary N) is 1. The van der Waals surface area contributed by atoms with Crippen molar-refractivity contribution in [3.63, 3.8) is 0 Å². The van der Waals surface area contributed by atoms with Gasteiger partial charge in [-0.2, -0.15) is 0 Å². The van der Waals surface area contributed by atoms with Gasteiger partial charge in [0.25, 0.3) is 14.6 Å². The van der Waals surface area contributed by atoms with E-state index in [1.165, 1.54) is 0 Å². The summed E-state index contributed by atoms with van der Waals surface area (Å²) in [7, 11) is 4.52. The molecular formula is C8H12ClN3O4S. The number of hydrogen-bond donors (Lipinski definition) is 1. The Labute approximate surface area is 102 Å². The molecule has 0 saturated carbocycles. The standard InChI is InChI=1S/C8H12ClN3O4S/c1-11(2)3-4-12-5-6(17(9,15)16)7(13)10-8(12)14/h5H,3-4H2,1-2H3,(H,10,13,14). The molecule has 0 aliphatic heterocycles. The smallest absolute Gasteiger partial charge is 0.308 e. The van der Waals surface area contributed by atoms with Crippen LogP contribution in [-0.2, 0) is 15.6 Å². The lowest BCUT2D eigenvalue weighted by atomic mass is 10.5. The molecule has 1 heterocycles. The zero-order chi connectivity index (χ0) is 13.2. The van der Waals surface area contributed by atoms with E-state index in [1.54, 1.807) is 14.1 Å². The zero-order valence-electron chi connectivity index (χ0n) is 9.31. The van der Waals surface area contributed by atoms with Gasteiger partial charge in [0.15, 0.2) is 4.90 Å². The van der Waals surface area contributed by atoms with Gasteiger partial charge in [-0.05, 0) is 14.1 Å². The molecule has 0 aliphatic carbocycles. The Bertz CT molecular complexity index is 616. The van der Waals surface area contributed by atoms with Gasteiger partial charge in [0.05, 0.1) is 0 Å². The second-order valence-corrected chi connectivity index (χ2v) is 6.22. The Balaban J connectivity index is 3.26. The van der Waals surface area contributed by atoms with Crippen molar-refractivity contribution >= 4 is 19.7 Å². The Morgan fingerprint density at radius 3 is 2.47 bits per heavy atom. The minimum atomic E-state index is -4.16. The second-order valence-electron chi connectivity index (χ2n) is 3.69. The topological polar surface area (TPSA) is 92.2 Å². The van der Waals surface area contributed by atoms with Crippen molar-refractivity contribution in [3.8, 4) is 0 Å². The van der Waals surface area contributed by atoms with E-state index in [1.807, 2.05) is 9.88 Å². The largest absolute Gasteiger partial charge is 0.328 e. The summed E-state index contributed by atoms with van der Waals surface area (Å²) in [5, 5.41) is 0. The SMILES string of the molecule is CN(C)CCn1cc(S(=O)(=O)Cl)c(=O)[nH]c1=O. The highest BCUT2D eigenvalue weighted by molar-refractivity contribution is 8.13. The predicted molar refractivity (Wildman–Crippen MR) is 62.9 cm³/mol. The van der Waals surface area contributed by atoms with Crippen molar-refractivity contribution in [1.29, 1.82) is 0 Å². The molecule has 1 N–H and O–H groups in total. The first-order chi connectivity index (χ1) is 7.71. The third kappa shape index (κ3) is 3.69. The first-order valence-electron chi connectivity index (χ1n) is 4.65. The van der Waals surface area contributed by atoms with Crippen LogP contribution >= 0.6 is 10.7 Å². The van der Waals surface area contributed by atoms with Crippen LogP contribution in [0.4, 0.5) is 0 Å². The van der Waals surface area contributed by atoms with Crippen LogP contribution in [0.1, 0.15) is 0 Å². The first-order valence-corrected chi connectivity index (χ1v) is 6.96. The van der Waals surface area contributed by atoms with Crippen LogP contribution in [0.2, 0.25) is 0 Å². The van der Waals surface area contributed by atoms with Gasteiger partial charge in [0.2, 0.25) is 0 Å². The van der Waals surface area contributed by atoms with Crippen LogP contribution in [0.3, 0.4) is 0 Å². The molecule has 0 amide bonds. The van der Waals surface area contributed by atoms with Crippen LogP contribution in [-0.4, -0.2) is 43.5 Å². The summed E-state index contributed by atoms with van der Waals surface area (Å²) in [6.07, 6.45) is 0.951. The lowest BCUT2D eigenvalue weighted by molar-refractivity contribution is 0.378. The number of nitrogens with zero attached hydrogens (tertiary/aromatic N) is 2. The molecule has 1 rings (SSSR count). The summed E-state index contributed by atoms with van der Waals surface area (Å²) in [5.74, 6) is 0. The molecular weight excluding hydrogens is 270 g/mol. The minimum absolute atomic E-state index is 0.252. The quantitative estimate of drug-likeness (QED) is 0.717. The number of rotatable bonds is 4. The summed E-state index contributed by atoms with van der Waals surface area (Å²) in [6, 6.07) is 0. The minimum Gasteiger partial charge on any atom is -0.308 e. The summed E-state index contributed by atoms with van der Waals surface area (Å²) in [4.78, 5) is 25.7. The molecule has 0 fully saturated rings. The van der Waals surface area contributed by atoms with Crippen molar-refractivity contribution in [2.45, 2.75) is 11.4 Å². The van der Waals surface area contributed by atoms with Gasteiger partial charge in [0, 0.05) is 30.0 Å². The molecule has 0 aliphatic rings. The molecule has 0 unspecified atom stereocenters. The third-order valence-electron chi connectivity index (χ3n) is 2.03. The van der Waals surface area contributed by atoms with Crippen molar-refractivity contribution in [3.05, 3.63) is 27.0 Å². The molecule has 9 heteroatoms.